The van der Waals surface area contributed by atoms with Crippen molar-refractivity contribution < 1.29 is 0 Å². The minimum absolute atomic E-state index is 0.450. The van der Waals surface area contributed by atoms with E-state index >= 15 is 0 Å². The molecule has 0 aliphatic carbocycles. The van der Waals surface area contributed by atoms with Gasteiger partial charge in [0.1, 0.15) is 0 Å². The largest absolute Gasteiger partial charge is 0.264 e. The first-order chi connectivity index (χ1) is 11.9. The van der Waals surface area contributed by atoms with Crippen LogP contribution in [0.4, 0.5) is 0 Å². The molecule has 121 valence electrons. The highest BCUT2D eigenvalue weighted by Crippen LogP contribution is 2.29. The third-order valence-corrected chi connectivity index (χ3v) is 4.40. The molecule has 0 spiro atoms. The molecule has 0 atom stereocenters. The van der Waals surface area contributed by atoms with Gasteiger partial charge in [-0.15, -0.1) is 0 Å². The molecule has 1 nitrogen and oxygen atoms in total. The summed E-state index contributed by atoms with van der Waals surface area (Å²) in [7, 11) is 0. The zero-order valence-corrected chi connectivity index (χ0v) is 14.0. The van der Waals surface area contributed by atoms with Gasteiger partial charge >= 0.3 is 0 Å². The van der Waals surface area contributed by atoms with E-state index in [1.165, 1.54) is 23.1 Å². The van der Waals surface area contributed by atoms with Gasteiger partial charge in [0.25, 0.3) is 0 Å². The summed E-state index contributed by atoms with van der Waals surface area (Å²) in [5.41, 5.74) is 4.12. The molecular formula is C23H24N. The van der Waals surface area contributed by atoms with Crippen LogP contribution >= 0.6 is 0 Å². The summed E-state index contributed by atoms with van der Waals surface area (Å²) < 4.78 is 0. The van der Waals surface area contributed by atoms with Crippen LogP contribution in [0.1, 0.15) is 41.9 Å². The van der Waals surface area contributed by atoms with E-state index in [0.717, 1.165) is 19.3 Å². The molecule has 24 heavy (non-hydrogen) atoms. The number of pyridine rings is 1. The van der Waals surface area contributed by atoms with E-state index in [0.29, 0.717) is 5.92 Å². The quantitative estimate of drug-likeness (QED) is 0.477. The Morgan fingerprint density at radius 1 is 0.792 bits per heavy atom. The first kappa shape index (κ1) is 16.4. The van der Waals surface area contributed by atoms with Crippen LogP contribution in [0.2, 0.25) is 0 Å². The minimum Gasteiger partial charge on any atom is -0.264 e. The summed E-state index contributed by atoms with van der Waals surface area (Å²) in [6.45, 7) is 0. The highest BCUT2D eigenvalue weighted by atomic mass is 14.6. The lowest BCUT2D eigenvalue weighted by molar-refractivity contribution is 0.713. The van der Waals surface area contributed by atoms with Crippen molar-refractivity contribution in [1.82, 2.24) is 4.98 Å². The summed E-state index contributed by atoms with van der Waals surface area (Å²) in [6, 6.07) is 25.8. The van der Waals surface area contributed by atoms with Gasteiger partial charge in [0, 0.05) is 18.3 Å². The topological polar surface area (TPSA) is 12.9 Å². The number of aryl methyl sites for hydroxylation is 1. The van der Waals surface area contributed by atoms with Gasteiger partial charge in [-0.05, 0) is 54.9 Å². The second-order valence-electron chi connectivity index (χ2n) is 6.15. The molecule has 1 aromatic heterocycles. The Kier molecular flexibility index (Phi) is 6.18. The molecule has 3 rings (SSSR count). The number of hydrogen-bond donors (Lipinski definition) is 0. The van der Waals surface area contributed by atoms with Crippen LogP contribution in [-0.4, -0.2) is 4.98 Å². The highest BCUT2D eigenvalue weighted by Gasteiger charge is 2.13. The zero-order valence-electron chi connectivity index (χ0n) is 14.0. The van der Waals surface area contributed by atoms with Gasteiger partial charge < -0.3 is 0 Å². The van der Waals surface area contributed by atoms with Crippen LogP contribution in [0.3, 0.4) is 0 Å². The van der Waals surface area contributed by atoms with Gasteiger partial charge in [-0.2, -0.15) is 0 Å². The van der Waals surface area contributed by atoms with E-state index in [1.807, 2.05) is 18.5 Å². The third-order valence-electron chi connectivity index (χ3n) is 4.40. The number of aromatic nitrogens is 1. The summed E-state index contributed by atoms with van der Waals surface area (Å²) in [4.78, 5) is 4.18. The molecule has 3 aromatic rings. The molecule has 1 heteroatoms. The van der Waals surface area contributed by atoms with Crippen LogP contribution in [0.25, 0.3) is 0 Å². The Bertz CT molecular complexity index is 652. The number of hydrogen-bond acceptors (Lipinski definition) is 1. The average molecular weight is 314 g/mol. The van der Waals surface area contributed by atoms with Crippen molar-refractivity contribution >= 4 is 0 Å². The van der Waals surface area contributed by atoms with Crippen LogP contribution in [0.15, 0.2) is 85.2 Å². The molecule has 2 aromatic carbocycles. The van der Waals surface area contributed by atoms with E-state index in [9.17, 15) is 0 Å². The summed E-state index contributed by atoms with van der Waals surface area (Å²) in [5.74, 6) is 0.450. The Morgan fingerprint density at radius 2 is 1.46 bits per heavy atom. The molecule has 0 aliphatic rings. The number of unbranched alkanes of at least 4 members (excludes halogenated alkanes) is 2. The molecule has 1 radical (unpaired) electrons. The van der Waals surface area contributed by atoms with E-state index in [1.54, 1.807) is 0 Å². The third kappa shape index (κ3) is 4.79. The van der Waals surface area contributed by atoms with Gasteiger partial charge in [0.2, 0.25) is 0 Å². The molecule has 0 N–H and O–H groups in total. The van der Waals surface area contributed by atoms with Gasteiger partial charge in [-0.1, -0.05) is 66.7 Å². The van der Waals surface area contributed by atoms with Crippen molar-refractivity contribution in [3.63, 3.8) is 0 Å². The van der Waals surface area contributed by atoms with Gasteiger partial charge in [0.15, 0.2) is 0 Å². The van der Waals surface area contributed by atoms with E-state index < -0.39 is 0 Å². The van der Waals surface area contributed by atoms with Crippen molar-refractivity contribution in [2.24, 2.45) is 0 Å². The molecule has 0 saturated heterocycles. The molecule has 0 amide bonds. The second kappa shape index (κ2) is 9.02. The lowest BCUT2D eigenvalue weighted by Gasteiger charge is -2.18. The molecule has 0 aliphatic heterocycles. The summed E-state index contributed by atoms with van der Waals surface area (Å²) in [6.07, 6.45) is 10.8. The Hall–Kier alpha value is -2.41. The van der Waals surface area contributed by atoms with E-state index in [4.69, 9.17) is 0 Å². The predicted molar refractivity (Wildman–Crippen MR) is 101 cm³/mol. The number of rotatable bonds is 8. The highest BCUT2D eigenvalue weighted by molar-refractivity contribution is 5.32. The Balaban J connectivity index is 1.55. The fourth-order valence-electron chi connectivity index (χ4n) is 3.12. The first-order valence-electron chi connectivity index (χ1n) is 8.74. The molecule has 0 fully saturated rings. The molecule has 0 unspecified atom stereocenters. The van der Waals surface area contributed by atoms with Crippen molar-refractivity contribution in [3.05, 3.63) is 108 Å². The second-order valence-corrected chi connectivity index (χ2v) is 6.15. The fourth-order valence-corrected chi connectivity index (χ4v) is 3.12. The lowest BCUT2D eigenvalue weighted by atomic mass is 9.87. The van der Waals surface area contributed by atoms with Gasteiger partial charge in [0.05, 0.1) is 0 Å². The Morgan fingerprint density at radius 3 is 2.04 bits per heavy atom. The maximum atomic E-state index is 4.18. The van der Waals surface area contributed by atoms with Crippen LogP contribution < -0.4 is 0 Å². The monoisotopic (exact) mass is 314 g/mol. The number of nitrogens with zero attached hydrogens (tertiary/aromatic N) is 1. The van der Waals surface area contributed by atoms with E-state index in [-0.39, 0.29) is 0 Å². The van der Waals surface area contributed by atoms with Crippen LogP contribution in [0, 0.1) is 6.42 Å². The fraction of sp³-hybridized carbons (Fsp3) is 0.217. The van der Waals surface area contributed by atoms with Crippen LogP contribution in [0.5, 0.6) is 0 Å². The number of benzene rings is 2. The maximum Gasteiger partial charge on any atom is 0.0299 e. The maximum absolute atomic E-state index is 4.18. The average Bonchev–Trinajstić information content (AvgIpc) is 2.67. The standard InChI is InChI=1S/C23H24N/c1(4-11-20-12-10-18-24-19-20)9-17-23(21-13-5-2-6-14-21)22-15-7-3-8-16-22/h2-3,5-10,12-16,18-19,23H,1,4,11,17H2. The smallest absolute Gasteiger partial charge is 0.0299 e. The van der Waals surface area contributed by atoms with Crippen LogP contribution in [-0.2, 0) is 6.42 Å². The molecular weight excluding hydrogens is 290 g/mol. The molecule has 1 heterocycles. The zero-order chi connectivity index (χ0) is 16.5. The van der Waals surface area contributed by atoms with Crippen molar-refractivity contribution in [3.8, 4) is 0 Å². The van der Waals surface area contributed by atoms with Gasteiger partial charge in [-0.3, -0.25) is 4.98 Å². The van der Waals surface area contributed by atoms with Gasteiger partial charge in [-0.25, -0.2) is 0 Å². The lowest BCUT2D eigenvalue weighted by Crippen LogP contribution is -2.01. The summed E-state index contributed by atoms with van der Waals surface area (Å²) >= 11 is 0. The Labute approximate surface area is 145 Å². The van der Waals surface area contributed by atoms with E-state index in [2.05, 4.69) is 78.1 Å². The minimum atomic E-state index is 0.450. The summed E-state index contributed by atoms with van der Waals surface area (Å²) in [5, 5.41) is 0. The SMILES string of the molecule is [CH](CCCc1cccnc1)CC(c1ccccc1)c1ccccc1. The van der Waals surface area contributed by atoms with Crippen molar-refractivity contribution in [2.45, 2.75) is 31.6 Å². The van der Waals surface area contributed by atoms with Crippen molar-refractivity contribution in [1.29, 1.82) is 0 Å². The molecule has 0 saturated carbocycles. The van der Waals surface area contributed by atoms with Crippen molar-refractivity contribution in [2.75, 3.05) is 0 Å². The normalized spacial score (nSPS) is 10.9. The first-order valence-corrected chi connectivity index (χ1v) is 8.74. The molecule has 0 bridgehead atoms. The predicted octanol–water partition coefficient (Wildman–Crippen LogP) is 5.83.